The number of hydrogen-bond acceptors (Lipinski definition) is 5. The Morgan fingerprint density at radius 1 is 0.771 bits per heavy atom. The molecule has 0 N–H and O–H groups in total. The molecule has 0 saturated carbocycles. The summed E-state index contributed by atoms with van der Waals surface area (Å²) in [5.74, 6) is 2.48. The van der Waals surface area contributed by atoms with Crippen LogP contribution in [0.25, 0.3) is 16.6 Å². The molecule has 182 valence electrons. The van der Waals surface area contributed by atoms with Crippen LogP contribution in [0.15, 0.2) is 72.8 Å². The number of benzene rings is 3. The Labute approximate surface area is 206 Å². The summed E-state index contributed by atoms with van der Waals surface area (Å²) in [5.41, 5.74) is 2.16. The van der Waals surface area contributed by atoms with Crippen molar-refractivity contribution in [3.8, 4) is 28.7 Å². The molecule has 0 saturated heterocycles. The lowest BCUT2D eigenvalue weighted by Crippen LogP contribution is -2.11. The molecule has 0 aliphatic heterocycles. The van der Waals surface area contributed by atoms with Crippen LogP contribution in [0, 0.1) is 0 Å². The Morgan fingerprint density at radius 2 is 1.40 bits per heavy atom. The molecule has 0 radical (unpaired) electrons. The molecule has 35 heavy (non-hydrogen) atoms. The van der Waals surface area contributed by atoms with Crippen LogP contribution in [-0.2, 0) is 4.74 Å². The lowest BCUT2D eigenvalue weighted by Gasteiger charge is -2.13. The van der Waals surface area contributed by atoms with Crippen LogP contribution in [0.1, 0.15) is 45.1 Å². The molecular weight excluding hydrogens is 442 g/mol. The lowest BCUT2D eigenvalue weighted by molar-refractivity contribution is 0.0517. The average Bonchev–Trinajstić information content (AvgIpc) is 3.18. The number of rotatable bonds is 9. The number of carbonyl (C=O) groups is 1. The molecule has 0 aliphatic carbocycles. The summed E-state index contributed by atoms with van der Waals surface area (Å²) in [6.07, 6.45) is 0.160. The zero-order chi connectivity index (χ0) is 24.9. The van der Waals surface area contributed by atoms with Gasteiger partial charge in [-0.3, -0.25) is 0 Å². The highest BCUT2D eigenvalue weighted by Crippen LogP contribution is 2.32. The van der Waals surface area contributed by atoms with Crippen LogP contribution in [0.2, 0.25) is 0 Å². The molecule has 6 nitrogen and oxygen atoms in total. The van der Waals surface area contributed by atoms with Gasteiger partial charge in [-0.1, -0.05) is 6.07 Å². The fourth-order valence-electron chi connectivity index (χ4n) is 3.86. The van der Waals surface area contributed by atoms with E-state index >= 15 is 0 Å². The van der Waals surface area contributed by atoms with Crippen molar-refractivity contribution in [1.82, 2.24) is 4.57 Å². The first-order chi connectivity index (χ1) is 16.8. The van der Waals surface area contributed by atoms with Gasteiger partial charge in [-0.2, -0.15) is 0 Å². The highest BCUT2D eigenvalue weighted by atomic mass is 16.5. The van der Waals surface area contributed by atoms with E-state index in [1.165, 1.54) is 0 Å². The van der Waals surface area contributed by atoms with Gasteiger partial charge in [-0.05, 0) is 95.3 Å². The third-order valence-electron chi connectivity index (χ3n) is 5.14. The molecule has 3 aromatic carbocycles. The molecule has 0 unspecified atom stereocenters. The molecule has 6 heteroatoms. The Balaban J connectivity index is 1.70. The Kier molecular flexibility index (Phi) is 7.30. The zero-order valence-corrected chi connectivity index (χ0v) is 20.8. The fraction of sp³-hybridized carbons (Fsp3) is 0.276. The second kappa shape index (κ2) is 10.6. The maximum atomic E-state index is 12.8. The summed E-state index contributed by atoms with van der Waals surface area (Å²) >= 11 is 0. The number of nitrogens with zero attached hydrogens (tertiary/aromatic N) is 1. The maximum Gasteiger partial charge on any atom is 0.355 e. The molecule has 4 rings (SSSR count). The minimum Gasteiger partial charge on any atom is -0.491 e. The van der Waals surface area contributed by atoms with Crippen molar-refractivity contribution < 1.29 is 23.7 Å². The minimum absolute atomic E-state index is 0.0775. The molecule has 0 fully saturated rings. The first kappa shape index (κ1) is 24.2. The van der Waals surface area contributed by atoms with Gasteiger partial charge in [0.2, 0.25) is 0 Å². The van der Waals surface area contributed by atoms with Gasteiger partial charge >= 0.3 is 5.97 Å². The van der Waals surface area contributed by atoms with Crippen molar-refractivity contribution in [1.29, 1.82) is 0 Å². The highest BCUT2D eigenvalue weighted by molar-refractivity contribution is 5.97. The van der Waals surface area contributed by atoms with Crippen LogP contribution >= 0.6 is 0 Å². The quantitative estimate of drug-likeness (QED) is 0.241. The van der Waals surface area contributed by atoms with E-state index in [-0.39, 0.29) is 18.2 Å². The second-order valence-electron chi connectivity index (χ2n) is 8.71. The zero-order valence-electron chi connectivity index (χ0n) is 20.8. The lowest BCUT2D eigenvalue weighted by atomic mass is 10.2. The van der Waals surface area contributed by atoms with E-state index in [0.717, 1.165) is 28.1 Å². The first-order valence-corrected chi connectivity index (χ1v) is 11.9. The summed E-state index contributed by atoms with van der Waals surface area (Å²) in [7, 11) is 0. The van der Waals surface area contributed by atoms with Gasteiger partial charge in [0.25, 0.3) is 0 Å². The average molecular weight is 474 g/mol. The Hall–Kier alpha value is -3.93. The van der Waals surface area contributed by atoms with Gasteiger partial charge < -0.3 is 23.5 Å². The summed E-state index contributed by atoms with van der Waals surface area (Å²) in [6, 6.07) is 22.8. The molecule has 0 aliphatic rings. The number of hydrogen-bond donors (Lipinski definition) is 0. The predicted molar refractivity (Wildman–Crippen MR) is 137 cm³/mol. The number of esters is 1. The van der Waals surface area contributed by atoms with Gasteiger partial charge in [0.05, 0.1) is 24.3 Å². The third-order valence-corrected chi connectivity index (χ3v) is 5.14. The number of carbonyl (C=O) groups excluding carboxylic acids is 1. The molecule has 1 heterocycles. The van der Waals surface area contributed by atoms with Crippen molar-refractivity contribution in [2.45, 2.75) is 46.8 Å². The van der Waals surface area contributed by atoms with E-state index in [0.29, 0.717) is 23.8 Å². The van der Waals surface area contributed by atoms with E-state index in [1.54, 1.807) is 6.92 Å². The van der Waals surface area contributed by atoms with E-state index in [9.17, 15) is 4.79 Å². The van der Waals surface area contributed by atoms with E-state index in [1.807, 2.05) is 105 Å². The summed E-state index contributed by atoms with van der Waals surface area (Å²) in [5, 5.41) is 0.864. The second-order valence-corrected chi connectivity index (χ2v) is 8.71. The number of ether oxygens (including phenoxy) is 4. The molecule has 4 aromatic rings. The van der Waals surface area contributed by atoms with Crippen LogP contribution in [0.4, 0.5) is 0 Å². The number of aromatic nitrogens is 1. The maximum absolute atomic E-state index is 12.8. The van der Waals surface area contributed by atoms with E-state index in [4.69, 9.17) is 18.9 Å². The van der Waals surface area contributed by atoms with Crippen LogP contribution in [0.3, 0.4) is 0 Å². The van der Waals surface area contributed by atoms with Crippen LogP contribution in [-0.4, -0.2) is 29.4 Å². The Bertz CT molecular complexity index is 1300. The highest BCUT2D eigenvalue weighted by Gasteiger charge is 2.19. The van der Waals surface area contributed by atoms with Gasteiger partial charge in [0.15, 0.2) is 0 Å². The number of fused-ring (bicyclic) bond motifs is 1. The summed E-state index contributed by atoms with van der Waals surface area (Å²) in [4.78, 5) is 12.8. The molecule has 1 aromatic heterocycles. The van der Waals surface area contributed by atoms with Gasteiger partial charge in [-0.15, -0.1) is 0 Å². The van der Waals surface area contributed by atoms with E-state index in [2.05, 4.69) is 0 Å². The first-order valence-electron chi connectivity index (χ1n) is 11.9. The van der Waals surface area contributed by atoms with Crippen LogP contribution in [0.5, 0.6) is 23.0 Å². The molecular formula is C29H31NO5. The minimum atomic E-state index is -0.382. The fourth-order valence-corrected chi connectivity index (χ4v) is 3.86. The summed E-state index contributed by atoms with van der Waals surface area (Å²) < 4.78 is 24.9. The van der Waals surface area contributed by atoms with Gasteiger partial charge in [0, 0.05) is 17.1 Å². The third kappa shape index (κ3) is 5.77. The smallest absolute Gasteiger partial charge is 0.355 e. The topological polar surface area (TPSA) is 58.9 Å². The van der Waals surface area contributed by atoms with Crippen molar-refractivity contribution in [2.24, 2.45) is 0 Å². The van der Waals surface area contributed by atoms with Gasteiger partial charge in [0.1, 0.15) is 28.7 Å². The largest absolute Gasteiger partial charge is 0.491 e. The standard InChI is InChI=1S/C29H31NO5/c1-6-32-29(31)28-17-21-16-26(35-25-9-7-8-24(18-25)34-20(4)5)14-15-27(21)30(28)22-10-12-23(13-11-22)33-19(2)3/h7-20H,6H2,1-5H3. The summed E-state index contributed by atoms with van der Waals surface area (Å²) in [6.45, 7) is 10.0. The van der Waals surface area contributed by atoms with Crippen molar-refractivity contribution in [2.75, 3.05) is 6.61 Å². The van der Waals surface area contributed by atoms with Crippen molar-refractivity contribution in [3.63, 3.8) is 0 Å². The molecule has 0 amide bonds. The van der Waals surface area contributed by atoms with E-state index < -0.39 is 0 Å². The predicted octanol–water partition coefficient (Wildman–Crippen LogP) is 7.17. The van der Waals surface area contributed by atoms with Crippen LogP contribution < -0.4 is 14.2 Å². The molecule has 0 spiro atoms. The van der Waals surface area contributed by atoms with Crippen molar-refractivity contribution in [3.05, 3.63) is 78.5 Å². The monoisotopic (exact) mass is 473 g/mol. The Morgan fingerprint density at radius 3 is 2.09 bits per heavy atom. The SMILES string of the molecule is CCOC(=O)c1cc2cc(Oc3cccc(OC(C)C)c3)ccc2n1-c1ccc(OC(C)C)cc1. The van der Waals surface area contributed by atoms with Crippen molar-refractivity contribution >= 4 is 16.9 Å². The normalized spacial score (nSPS) is 11.2. The van der Waals surface area contributed by atoms with Gasteiger partial charge in [-0.25, -0.2) is 4.79 Å². The molecule has 0 bridgehead atoms. The molecule has 0 atom stereocenters.